The summed E-state index contributed by atoms with van der Waals surface area (Å²) in [6, 6.07) is 5.15. The number of fused-ring (bicyclic) bond motifs is 1. The van der Waals surface area contributed by atoms with Crippen molar-refractivity contribution < 1.29 is 9.53 Å². The number of hydrogen-bond acceptors (Lipinski definition) is 6. The summed E-state index contributed by atoms with van der Waals surface area (Å²) >= 11 is 0. The van der Waals surface area contributed by atoms with E-state index in [4.69, 9.17) is 4.74 Å². The van der Waals surface area contributed by atoms with Crippen LogP contribution in [0.2, 0.25) is 0 Å². The monoisotopic (exact) mass is 313 g/mol. The van der Waals surface area contributed by atoms with Gasteiger partial charge in [-0.15, -0.1) is 0 Å². The Hall–Kier alpha value is -2.70. The molecule has 0 bridgehead atoms. The molecule has 1 unspecified atom stereocenters. The van der Waals surface area contributed by atoms with Crippen molar-refractivity contribution >= 4 is 11.9 Å². The van der Waals surface area contributed by atoms with Crippen molar-refractivity contribution in [3.8, 4) is 0 Å². The minimum Gasteiger partial charge on any atom is -0.462 e. The summed E-state index contributed by atoms with van der Waals surface area (Å²) in [5, 5.41) is 7.34. The first-order chi connectivity index (χ1) is 11.2. The van der Waals surface area contributed by atoms with Gasteiger partial charge in [0.15, 0.2) is 0 Å². The Kier molecular flexibility index (Phi) is 4.36. The van der Waals surface area contributed by atoms with Crippen LogP contribution in [0.5, 0.6) is 0 Å². The van der Waals surface area contributed by atoms with Crippen LogP contribution in [0.4, 0.5) is 5.95 Å². The fourth-order valence-electron chi connectivity index (χ4n) is 2.55. The third-order valence-corrected chi connectivity index (χ3v) is 3.71. The molecule has 1 aliphatic heterocycles. The van der Waals surface area contributed by atoms with Crippen molar-refractivity contribution in [3.05, 3.63) is 47.7 Å². The number of carbonyl (C=O) groups is 1. The Morgan fingerprint density at radius 2 is 2.26 bits per heavy atom. The van der Waals surface area contributed by atoms with E-state index in [-0.39, 0.29) is 5.97 Å². The zero-order valence-electron chi connectivity index (χ0n) is 13.2. The first-order valence-corrected chi connectivity index (χ1v) is 7.67. The highest BCUT2D eigenvalue weighted by atomic mass is 16.5. The standard InChI is InChI=1S/C16H19N5O2/c1-3-4-9-23-15(22)13-11(2)20-16-18-10-19-21(16)14(13)12-7-5-6-8-17-12/h5-8,10,14H,3-4,9H2,1-2H3,(H,18,19,20). The molecule has 2 aromatic heterocycles. The van der Waals surface area contributed by atoms with E-state index in [1.807, 2.05) is 25.1 Å². The Bertz CT molecular complexity index is 723. The summed E-state index contributed by atoms with van der Waals surface area (Å²) in [7, 11) is 0. The van der Waals surface area contributed by atoms with E-state index in [1.165, 1.54) is 6.33 Å². The van der Waals surface area contributed by atoms with E-state index in [0.717, 1.165) is 18.5 Å². The van der Waals surface area contributed by atoms with Gasteiger partial charge in [0.1, 0.15) is 12.4 Å². The lowest BCUT2D eigenvalue weighted by Gasteiger charge is -2.27. The number of anilines is 1. The quantitative estimate of drug-likeness (QED) is 0.674. The number of rotatable bonds is 5. The van der Waals surface area contributed by atoms with Crippen LogP contribution < -0.4 is 5.32 Å². The molecule has 120 valence electrons. The summed E-state index contributed by atoms with van der Waals surface area (Å²) in [5.74, 6) is 0.239. The van der Waals surface area contributed by atoms with Gasteiger partial charge in [0.25, 0.3) is 0 Å². The second-order valence-corrected chi connectivity index (χ2v) is 5.34. The Labute approximate surface area is 134 Å². The number of nitrogens with one attached hydrogen (secondary N) is 1. The highest BCUT2D eigenvalue weighted by molar-refractivity contribution is 5.92. The Morgan fingerprint density at radius 1 is 1.39 bits per heavy atom. The second kappa shape index (κ2) is 6.60. The maximum atomic E-state index is 12.6. The molecule has 2 aromatic rings. The maximum absolute atomic E-state index is 12.6. The first-order valence-electron chi connectivity index (χ1n) is 7.67. The number of aromatic nitrogens is 4. The maximum Gasteiger partial charge on any atom is 0.338 e. The Morgan fingerprint density at radius 3 is 3.00 bits per heavy atom. The van der Waals surface area contributed by atoms with Gasteiger partial charge in [0.05, 0.1) is 17.9 Å². The van der Waals surface area contributed by atoms with Crippen LogP contribution in [0.15, 0.2) is 42.0 Å². The molecular weight excluding hydrogens is 294 g/mol. The number of unbranched alkanes of at least 4 members (excludes halogenated alkanes) is 1. The van der Waals surface area contributed by atoms with E-state index in [0.29, 0.717) is 23.8 Å². The van der Waals surface area contributed by atoms with Crippen molar-refractivity contribution in [1.29, 1.82) is 0 Å². The topological polar surface area (TPSA) is 81.9 Å². The third kappa shape index (κ3) is 2.94. The fourth-order valence-corrected chi connectivity index (χ4v) is 2.55. The smallest absolute Gasteiger partial charge is 0.338 e. The second-order valence-electron chi connectivity index (χ2n) is 5.34. The van der Waals surface area contributed by atoms with Crippen molar-refractivity contribution in [1.82, 2.24) is 19.7 Å². The van der Waals surface area contributed by atoms with Crippen molar-refractivity contribution in [2.45, 2.75) is 32.7 Å². The molecule has 1 atom stereocenters. The van der Waals surface area contributed by atoms with Crippen LogP contribution >= 0.6 is 0 Å². The van der Waals surface area contributed by atoms with Crippen LogP contribution in [0.1, 0.15) is 38.4 Å². The van der Waals surface area contributed by atoms with Gasteiger partial charge in [-0.1, -0.05) is 19.4 Å². The summed E-state index contributed by atoms with van der Waals surface area (Å²) in [6.45, 7) is 4.30. The van der Waals surface area contributed by atoms with Gasteiger partial charge in [-0.25, -0.2) is 9.48 Å². The largest absolute Gasteiger partial charge is 0.462 e. The zero-order valence-corrected chi connectivity index (χ0v) is 13.2. The van der Waals surface area contributed by atoms with E-state index in [9.17, 15) is 4.79 Å². The number of ether oxygens (including phenoxy) is 1. The minimum absolute atomic E-state index is 0.347. The normalized spacial score (nSPS) is 16.7. The lowest BCUT2D eigenvalue weighted by atomic mass is 10.00. The molecule has 1 N–H and O–H groups in total. The SMILES string of the molecule is CCCCOC(=O)C1=C(C)Nc2ncnn2C1c1ccccn1. The molecule has 3 heterocycles. The average Bonchev–Trinajstić information content (AvgIpc) is 3.02. The molecule has 0 amide bonds. The molecule has 0 spiro atoms. The summed E-state index contributed by atoms with van der Waals surface area (Å²) in [4.78, 5) is 21.2. The molecule has 7 heteroatoms. The number of allylic oxidation sites excluding steroid dienone is 1. The predicted octanol–water partition coefficient (Wildman–Crippen LogP) is 2.31. The van der Waals surface area contributed by atoms with Gasteiger partial charge in [-0.05, 0) is 25.5 Å². The molecule has 0 radical (unpaired) electrons. The zero-order chi connectivity index (χ0) is 16.2. The molecule has 3 rings (SSSR count). The van der Waals surface area contributed by atoms with Crippen LogP contribution in [0, 0.1) is 0 Å². The van der Waals surface area contributed by atoms with E-state index in [1.54, 1.807) is 10.9 Å². The molecule has 0 saturated carbocycles. The lowest BCUT2D eigenvalue weighted by Crippen LogP contribution is -2.30. The number of esters is 1. The summed E-state index contributed by atoms with van der Waals surface area (Å²) in [5.41, 5.74) is 1.95. The van der Waals surface area contributed by atoms with Gasteiger partial charge >= 0.3 is 5.97 Å². The average molecular weight is 313 g/mol. The van der Waals surface area contributed by atoms with Crippen LogP contribution in [-0.2, 0) is 9.53 Å². The van der Waals surface area contributed by atoms with Crippen molar-refractivity contribution in [2.75, 3.05) is 11.9 Å². The van der Waals surface area contributed by atoms with Gasteiger partial charge in [0, 0.05) is 11.9 Å². The fraction of sp³-hybridized carbons (Fsp3) is 0.375. The molecule has 0 fully saturated rings. The molecular formula is C16H19N5O2. The molecule has 1 aliphatic rings. The van der Waals surface area contributed by atoms with Crippen LogP contribution in [-0.4, -0.2) is 32.3 Å². The van der Waals surface area contributed by atoms with Gasteiger partial charge in [-0.3, -0.25) is 4.98 Å². The van der Waals surface area contributed by atoms with E-state index in [2.05, 4.69) is 27.3 Å². The van der Waals surface area contributed by atoms with Crippen molar-refractivity contribution in [3.63, 3.8) is 0 Å². The molecule has 23 heavy (non-hydrogen) atoms. The number of carbonyl (C=O) groups excluding carboxylic acids is 1. The van der Waals surface area contributed by atoms with E-state index >= 15 is 0 Å². The summed E-state index contributed by atoms with van der Waals surface area (Å²) < 4.78 is 7.07. The number of nitrogens with zero attached hydrogens (tertiary/aromatic N) is 4. The van der Waals surface area contributed by atoms with Gasteiger partial charge in [-0.2, -0.15) is 10.1 Å². The highest BCUT2D eigenvalue weighted by Crippen LogP contribution is 2.34. The third-order valence-electron chi connectivity index (χ3n) is 3.71. The molecule has 0 aliphatic carbocycles. The molecule has 0 aromatic carbocycles. The number of hydrogen-bond donors (Lipinski definition) is 1. The first kappa shape index (κ1) is 15.2. The van der Waals surface area contributed by atoms with Gasteiger partial charge in [0.2, 0.25) is 5.95 Å². The van der Waals surface area contributed by atoms with E-state index < -0.39 is 6.04 Å². The van der Waals surface area contributed by atoms with Crippen molar-refractivity contribution in [2.24, 2.45) is 0 Å². The summed E-state index contributed by atoms with van der Waals surface area (Å²) in [6.07, 6.45) is 4.97. The van der Waals surface area contributed by atoms with Gasteiger partial charge < -0.3 is 10.1 Å². The highest BCUT2D eigenvalue weighted by Gasteiger charge is 2.34. The molecule has 0 saturated heterocycles. The van der Waals surface area contributed by atoms with Crippen LogP contribution in [0.25, 0.3) is 0 Å². The number of pyridine rings is 1. The predicted molar refractivity (Wildman–Crippen MR) is 84.6 cm³/mol. The Balaban J connectivity index is 1.99. The molecule has 7 nitrogen and oxygen atoms in total. The van der Waals surface area contributed by atoms with Crippen LogP contribution in [0.3, 0.4) is 0 Å². The minimum atomic E-state index is -0.441. The lowest BCUT2D eigenvalue weighted by molar-refractivity contribution is -0.139.